The van der Waals surface area contributed by atoms with Crippen molar-refractivity contribution in [3.63, 3.8) is 0 Å². The summed E-state index contributed by atoms with van der Waals surface area (Å²) in [4.78, 5) is 4.85. The second-order valence-corrected chi connectivity index (χ2v) is 18.7. The molecule has 0 aliphatic heterocycles. The van der Waals surface area contributed by atoms with Gasteiger partial charge in [0.2, 0.25) is 0 Å². The van der Waals surface area contributed by atoms with E-state index in [-0.39, 0.29) is 10.8 Å². The number of anilines is 6. The first-order chi connectivity index (χ1) is 31.1. The van der Waals surface area contributed by atoms with E-state index in [1.54, 1.807) is 0 Å². The molecule has 9 aromatic rings. The van der Waals surface area contributed by atoms with Crippen molar-refractivity contribution < 1.29 is 0 Å². The van der Waals surface area contributed by atoms with Gasteiger partial charge in [0.1, 0.15) is 0 Å². The molecule has 0 aromatic heterocycles. The van der Waals surface area contributed by atoms with Gasteiger partial charge in [-0.2, -0.15) is 0 Å². The SMILES string of the molecule is Cc1cc(N(c2ccccc2)c2cccc(-c3ccccc3)c2)cc2c1-c1cc3c(cc1C2(C)C)-c1c(C)cc(N(c2ccccc2)c2cccc(-c4ccccc4)c2)cc1C3(C)C. The quantitative estimate of drug-likeness (QED) is 0.151. The van der Waals surface area contributed by atoms with Gasteiger partial charge in [0.05, 0.1) is 0 Å². The second-order valence-electron chi connectivity index (χ2n) is 18.7. The van der Waals surface area contributed by atoms with Crippen molar-refractivity contribution in [1.82, 2.24) is 0 Å². The summed E-state index contributed by atoms with van der Waals surface area (Å²) in [7, 11) is 0. The van der Waals surface area contributed by atoms with Crippen LogP contribution in [0.3, 0.4) is 0 Å². The Kier molecular flexibility index (Phi) is 9.33. The molecule has 0 N–H and O–H groups in total. The maximum atomic E-state index is 2.56. The van der Waals surface area contributed by atoms with Gasteiger partial charge in [-0.3, -0.25) is 0 Å². The minimum Gasteiger partial charge on any atom is -0.310 e. The highest BCUT2D eigenvalue weighted by atomic mass is 15.1. The van der Waals surface area contributed by atoms with Gasteiger partial charge in [0.25, 0.3) is 0 Å². The van der Waals surface area contributed by atoms with Gasteiger partial charge in [-0.1, -0.05) is 149 Å². The predicted molar refractivity (Wildman–Crippen MR) is 271 cm³/mol. The number of hydrogen-bond acceptors (Lipinski definition) is 2. The summed E-state index contributed by atoms with van der Waals surface area (Å²) < 4.78 is 0. The fraction of sp³-hybridized carbons (Fsp3) is 0.129. The number of hydrogen-bond donors (Lipinski definition) is 0. The molecule has 0 saturated heterocycles. The summed E-state index contributed by atoms with van der Waals surface area (Å²) in [6.07, 6.45) is 0. The lowest BCUT2D eigenvalue weighted by atomic mass is 9.79. The van der Waals surface area contributed by atoms with Gasteiger partial charge >= 0.3 is 0 Å². The minimum absolute atomic E-state index is 0.219. The van der Waals surface area contributed by atoms with Crippen molar-refractivity contribution in [3.8, 4) is 44.5 Å². The van der Waals surface area contributed by atoms with Crippen LogP contribution in [0, 0.1) is 13.8 Å². The Labute approximate surface area is 378 Å². The summed E-state index contributed by atoms with van der Waals surface area (Å²) >= 11 is 0. The van der Waals surface area contributed by atoms with E-state index in [2.05, 4.69) is 258 Å². The Balaban J connectivity index is 1.02. The van der Waals surface area contributed by atoms with Gasteiger partial charge in [-0.15, -0.1) is 0 Å². The van der Waals surface area contributed by atoms with Crippen LogP contribution >= 0.6 is 0 Å². The maximum Gasteiger partial charge on any atom is 0.0467 e. The standard InChI is InChI=1S/C62H52N2/c1-41-33-51(63(47-27-15-9-16-28-47)49-31-19-25-45(35-49)43-21-11-7-12-22-43)37-57-59(41)53-39-56-54(40-55(53)61(57,3)4)60-42(2)34-52(38-58(60)62(56,5)6)64(48-29-17-10-18-30-48)50-32-20-26-46(36-50)44-23-13-8-14-24-44/h7-40H,1-6H3. The lowest BCUT2D eigenvalue weighted by Crippen LogP contribution is -2.18. The first-order valence-corrected chi connectivity index (χ1v) is 22.6. The van der Waals surface area contributed by atoms with Crippen LogP contribution in [0.4, 0.5) is 34.1 Å². The molecule has 11 rings (SSSR count). The van der Waals surface area contributed by atoms with Crippen molar-refractivity contribution in [3.05, 3.63) is 240 Å². The maximum absolute atomic E-state index is 2.56. The highest BCUT2D eigenvalue weighted by Crippen LogP contribution is 2.59. The van der Waals surface area contributed by atoms with Crippen LogP contribution in [0.15, 0.2) is 206 Å². The van der Waals surface area contributed by atoms with Gasteiger partial charge in [0.15, 0.2) is 0 Å². The topological polar surface area (TPSA) is 6.48 Å². The van der Waals surface area contributed by atoms with E-state index in [9.17, 15) is 0 Å². The van der Waals surface area contributed by atoms with Crippen molar-refractivity contribution in [2.24, 2.45) is 0 Å². The number of benzene rings is 9. The van der Waals surface area contributed by atoms with E-state index in [1.807, 2.05) is 0 Å². The molecule has 2 aliphatic rings. The molecule has 310 valence electrons. The molecule has 0 radical (unpaired) electrons. The number of fused-ring (bicyclic) bond motifs is 6. The molecule has 9 aromatic carbocycles. The molecule has 64 heavy (non-hydrogen) atoms. The molecule has 0 unspecified atom stereocenters. The Bertz CT molecular complexity index is 3000. The number of para-hydroxylation sites is 2. The van der Waals surface area contributed by atoms with Crippen LogP contribution in [-0.4, -0.2) is 0 Å². The Hall–Kier alpha value is -7.42. The fourth-order valence-corrected chi connectivity index (χ4v) is 10.8. The smallest absolute Gasteiger partial charge is 0.0467 e. The van der Waals surface area contributed by atoms with Crippen LogP contribution < -0.4 is 9.80 Å². The first kappa shape index (κ1) is 39.4. The fourth-order valence-electron chi connectivity index (χ4n) is 10.8. The molecule has 0 atom stereocenters. The predicted octanol–water partition coefficient (Wildman–Crippen LogP) is 17.2. The normalized spacial score (nSPS) is 13.7. The average molecular weight is 825 g/mol. The third kappa shape index (κ3) is 6.39. The van der Waals surface area contributed by atoms with Crippen LogP contribution in [-0.2, 0) is 10.8 Å². The van der Waals surface area contributed by atoms with Crippen molar-refractivity contribution in [1.29, 1.82) is 0 Å². The van der Waals surface area contributed by atoms with Crippen LogP contribution in [0.2, 0.25) is 0 Å². The highest BCUT2D eigenvalue weighted by molar-refractivity contribution is 5.95. The Morgan fingerprint density at radius 2 is 0.609 bits per heavy atom. The molecule has 2 nitrogen and oxygen atoms in total. The van der Waals surface area contributed by atoms with E-state index in [4.69, 9.17) is 0 Å². The highest BCUT2D eigenvalue weighted by Gasteiger charge is 2.43. The lowest BCUT2D eigenvalue weighted by Gasteiger charge is -2.29. The van der Waals surface area contributed by atoms with Gasteiger partial charge in [-0.05, 0) is 177 Å². The third-order valence-corrected chi connectivity index (χ3v) is 14.0. The molecule has 2 heteroatoms. The molecule has 0 amide bonds. The zero-order valence-corrected chi connectivity index (χ0v) is 37.5. The third-order valence-electron chi connectivity index (χ3n) is 14.0. The second kappa shape index (κ2) is 15.1. The van der Waals surface area contributed by atoms with E-state index in [0.717, 1.165) is 22.7 Å². The average Bonchev–Trinajstić information content (AvgIpc) is 3.69. The van der Waals surface area contributed by atoms with E-state index in [1.165, 1.54) is 89.3 Å². The van der Waals surface area contributed by atoms with Crippen molar-refractivity contribution in [2.75, 3.05) is 9.80 Å². The van der Waals surface area contributed by atoms with Crippen LogP contribution in [0.1, 0.15) is 61.1 Å². The zero-order valence-electron chi connectivity index (χ0n) is 37.5. The minimum atomic E-state index is -0.219. The monoisotopic (exact) mass is 824 g/mol. The number of nitrogens with zero attached hydrogens (tertiary/aromatic N) is 2. The van der Waals surface area contributed by atoms with Crippen LogP contribution in [0.25, 0.3) is 44.5 Å². The van der Waals surface area contributed by atoms with Gasteiger partial charge in [0, 0.05) is 45.0 Å². The zero-order chi connectivity index (χ0) is 43.7. The van der Waals surface area contributed by atoms with Gasteiger partial charge < -0.3 is 9.80 Å². The molecule has 0 spiro atoms. The Morgan fingerprint density at radius 1 is 0.281 bits per heavy atom. The molecule has 0 saturated carbocycles. The summed E-state index contributed by atoms with van der Waals surface area (Å²) in [5.41, 5.74) is 24.9. The summed E-state index contributed by atoms with van der Waals surface area (Å²) in [6, 6.07) is 75.7. The molecule has 2 aliphatic carbocycles. The Morgan fingerprint density at radius 3 is 0.984 bits per heavy atom. The summed E-state index contributed by atoms with van der Waals surface area (Å²) in [6.45, 7) is 14.3. The number of aryl methyl sites for hydroxylation is 2. The number of rotatable bonds is 8. The van der Waals surface area contributed by atoms with Gasteiger partial charge in [-0.25, -0.2) is 0 Å². The molecule has 0 heterocycles. The van der Waals surface area contributed by atoms with E-state index < -0.39 is 0 Å². The molecular weight excluding hydrogens is 773 g/mol. The summed E-state index contributed by atoms with van der Waals surface area (Å²) in [5, 5.41) is 0. The van der Waals surface area contributed by atoms with Crippen LogP contribution in [0.5, 0.6) is 0 Å². The molecular formula is C62H52N2. The van der Waals surface area contributed by atoms with Crippen molar-refractivity contribution >= 4 is 34.1 Å². The first-order valence-electron chi connectivity index (χ1n) is 22.6. The lowest BCUT2D eigenvalue weighted by molar-refractivity contribution is 0.652. The summed E-state index contributed by atoms with van der Waals surface area (Å²) in [5.74, 6) is 0. The van der Waals surface area contributed by atoms with E-state index >= 15 is 0 Å². The molecule has 0 bridgehead atoms. The largest absolute Gasteiger partial charge is 0.310 e. The molecule has 0 fully saturated rings. The van der Waals surface area contributed by atoms with E-state index in [0.29, 0.717) is 0 Å². The van der Waals surface area contributed by atoms with Crippen molar-refractivity contribution in [2.45, 2.75) is 52.4 Å².